The van der Waals surface area contributed by atoms with Crippen molar-refractivity contribution in [3.8, 4) is 0 Å². The van der Waals surface area contributed by atoms with Crippen molar-refractivity contribution < 1.29 is 18.0 Å². The largest absolute Gasteiger partial charge is 0.352 e. The first-order chi connectivity index (χ1) is 13.7. The molecule has 1 aliphatic carbocycles. The molecule has 0 bridgehead atoms. The molecule has 1 saturated heterocycles. The second-order valence-corrected chi connectivity index (χ2v) is 9.93. The van der Waals surface area contributed by atoms with Crippen LogP contribution in [0.2, 0.25) is 0 Å². The number of carbonyl (C=O) groups is 2. The third-order valence-corrected chi connectivity index (χ3v) is 7.73. The number of benzene rings is 1. The van der Waals surface area contributed by atoms with Crippen LogP contribution in [-0.2, 0) is 14.8 Å². The predicted molar refractivity (Wildman–Crippen MR) is 111 cm³/mol. The zero-order valence-corrected chi connectivity index (χ0v) is 17.7. The van der Waals surface area contributed by atoms with E-state index in [0.29, 0.717) is 30.9 Å². The van der Waals surface area contributed by atoms with Crippen LogP contribution < -0.4 is 10.6 Å². The fourth-order valence-electron chi connectivity index (χ4n) is 3.97. The molecule has 158 valence electrons. The van der Waals surface area contributed by atoms with Crippen LogP contribution in [0, 0.1) is 5.92 Å². The molecule has 2 amide bonds. The highest BCUT2D eigenvalue weighted by Gasteiger charge is 2.39. The quantitative estimate of drug-likeness (QED) is 0.661. The molecule has 7 nitrogen and oxygen atoms in total. The maximum absolute atomic E-state index is 13.2. The molecule has 1 aromatic carbocycles. The zero-order valence-electron chi connectivity index (χ0n) is 16.9. The smallest absolute Gasteiger partial charge is 0.251 e. The van der Waals surface area contributed by atoms with Gasteiger partial charge in [-0.15, -0.1) is 0 Å². The first-order valence-corrected chi connectivity index (χ1v) is 11.5. The van der Waals surface area contributed by atoms with Crippen LogP contribution in [0.15, 0.2) is 41.8 Å². The van der Waals surface area contributed by atoms with Crippen molar-refractivity contribution in [1.82, 2.24) is 14.9 Å². The maximum atomic E-state index is 13.2. The van der Waals surface area contributed by atoms with Gasteiger partial charge in [-0.25, -0.2) is 8.42 Å². The third kappa shape index (κ3) is 5.05. The Labute approximate surface area is 172 Å². The highest BCUT2D eigenvalue weighted by Crippen LogP contribution is 2.30. The molecule has 2 atom stereocenters. The first kappa shape index (κ1) is 21.5. The minimum absolute atomic E-state index is 0.0884. The molecule has 1 aliphatic heterocycles. The van der Waals surface area contributed by atoms with E-state index in [1.54, 1.807) is 12.1 Å². The van der Waals surface area contributed by atoms with Crippen molar-refractivity contribution >= 4 is 21.8 Å². The van der Waals surface area contributed by atoms with Crippen molar-refractivity contribution in [3.63, 3.8) is 0 Å². The number of nitrogens with one attached hydrogen (secondary N) is 2. The van der Waals surface area contributed by atoms with Gasteiger partial charge in [-0.1, -0.05) is 6.58 Å². The lowest BCUT2D eigenvalue weighted by molar-refractivity contribution is -0.117. The van der Waals surface area contributed by atoms with Gasteiger partial charge in [-0.05, 0) is 75.8 Å². The highest BCUT2D eigenvalue weighted by molar-refractivity contribution is 7.89. The number of hydrogen-bond donors (Lipinski definition) is 2. The van der Waals surface area contributed by atoms with E-state index < -0.39 is 10.0 Å². The fraction of sp³-hybridized carbons (Fsp3) is 0.524. The molecule has 1 aromatic rings. The Morgan fingerprint density at radius 3 is 2.24 bits per heavy atom. The summed E-state index contributed by atoms with van der Waals surface area (Å²) < 4.78 is 27.9. The summed E-state index contributed by atoms with van der Waals surface area (Å²) in [6.07, 6.45) is 4.60. The average molecular weight is 420 g/mol. The lowest BCUT2D eigenvalue weighted by Crippen LogP contribution is -2.54. The second-order valence-electron chi connectivity index (χ2n) is 8.09. The van der Waals surface area contributed by atoms with E-state index in [2.05, 4.69) is 17.2 Å². The number of carbonyl (C=O) groups excluding carboxylic acids is 2. The molecule has 0 radical (unpaired) electrons. The van der Waals surface area contributed by atoms with Crippen LogP contribution >= 0.6 is 0 Å². The Balaban J connectivity index is 1.69. The van der Waals surface area contributed by atoms with Gasteiger partial charge in [0.1, 0.15) is 0 Å². The summed E-state index contributed by atoms with van der Waals surface area (Å²) in [6.45, 7) is 7.82. The van der Waals surface area contributed by atoms with Gasteiger partial charge in [0, 0.05) is 30.2 Å². The average Bonchev–Trinajstić information content (AvgIpc) is 3.49. The van der Waals surface area contributed by atoms with E-state index >= 15 is 0 Å². The van der Waals surface area contributed by atoms with Crippen LogP contribution in [0.4, 0.5) is 0 Å². The molecule has 2 unspecified atom stereocenters. The van der Waals surface area contributed by atoms with Gasteiger partial charge in [-0.2, -0.15) is 4.31 Å². The monoisotopic (exact) mass is 419 g/mol. The van der Waals surface area contributed by atoms with E-state index in [0.717, 1.165) is 12.8 Å². The predicted octanol–water partition coefficient (Wildman–Crippen LogP) is 2.06. The molecule has 29 heavy (non-hydrogen) atoms. The van der Waals surface area contributed by atoms with Crippen LogP contribution in [0.1, 0.15) is 49.9 Å². The minimum Gasteiger partial charge on any atom is -0.352 e. The van der Waals surface area contributed by atoms with Crippen molar-refractivity contribution in [2.24, 2.45) is 5.92 Å². The molecule has 2 N–H and O–H groups in total. The van der Waals surface area contributed by atoms with Crippen molar-refractivity contribution in [2.45, 2.75) is 62.6 Å². The Morgan fingerprint density at radius 2 is 1.72 bits per heavy atom. The molecule has 3 rings (SSSR count). The zero-order chi connectivity index (χ0) is 21.2. The van der Waals surface area contributed by atoms with Gasteiger partial charge < -0.3 is 10.6 Å². The van der Waals surface area contributed by atoms with Crippen molar-refractivity contribution in [2.75, 3.05) is 6.54 Å². The summed E-state index contributed by atoms with van der Waals surface area (Å²) in [6, 6.07) is 5.48. The van der Waals surface area contributed by atoms with E-state index in [1.807, 2.05) is 13.8 Å². The van der Waals surface area contributed by atoms with Gasteiger partial charge in [0.25, 0.3) is 5.91 Å². The van der Waals surface area contributed by atoms with Crippen LogP contribution in [0.5, 0.6) is 0 Å². The first-order valence-electron chi connectivity index (χ1n) is 10.1. The highest BCUT2D eigenvalue weighted by atomic mass is 32.2. The molecule has 1 heterocycles. The van der Waals surface area contributed by atoms with Crippen molar-refractivity contribution in [1.29, 1.82) is 0 Å². The molecule has 1 saturated carbocycles. The summed E-state index contributed by atoms with van der Waals surface area (Å²) >= 11 is 0. The van der Waals surface area contributed by atoms with E-state index in [4.69, 9.17) is 0 Å². The lowest BCUT2D eigenvalue weighted by Gasteiger charge is -2.41. The van der Waals surface area contributed by atoms with E-state index in [1.165, 1.54) is 22.5 Å². The van der Waals surface area contributed by atoms with Gasteiger partial charge in [0.05, 0.1) is 4.90 Å². The summed E-state index contributed by atoms with van der Waals surface area (Å²) in [5.74, 6) is 0.156. The molecule has 2 aliphatic rings. The normalized spacial score (nSPS) is 25.2. The standard InChI is InChI=1S/C21H29N3O4S/c1-4-20(25)23-18-11-14(2)24(15(3)12-18)29(27,28)19-9-7-17(8-10-19)21(26)22-13-16-5-6-16/h4,7-10,14-16,18H,1,5-6,11-13H2,2-3H3,(H,22,26)(H,23,25). The number of sulfonamides is 1. The number of hydrogen-bond acceptors (Lipinski definition) is 4. The molecule has 0 aromatic heterocycles. The van der Waals surface area contributed by atoms with Crippen LogP contribution in [-0.4, -0.2) is 49.2 Å². The molecule has 8 heteroatoms. The second kappa shape index (κ2) is 8.67. The van der Waals surface area contributed by atoms with Gasteiger partial charge in [0.15, 0.2) is 0 Å². The summed E-state index contributed by atoms with van der Waals surface area (Å²) in [5.41, 5.74) is 0.455. The Morgan fingerprint density at radius 1 is 1.14 bits per heavy atom. The van der Waals surface area contributed by atoms with Crippen LogP contribution in [0.25, 0.3) is 0 Å². The number of amides is 2. The maximum Gasteiger partial charge on any atom is 0.251 e. The lowest BCUT2D eigenvalue weighted by atomic mass is 9.95. The molecular formula is C21H29N3O4S. The van der Waals surface area contributed by atoms with Gasteiger partial charge >= 0.3 is 0 Å². The summed E-state index contributed by atoms with van der Waals surface area (Å²) in [5, 5.41) is 5.74. The van der Waals surface area contributed by atoms with E-state index in [9.17, 15) is 18.0 Å². The fourth-order valence-corrected chi connectivity index (χ4v) is 5.82. The van der Waals surface area contributed by atoms with Gasteiger partial charge in [0.2, 0.25) is 15.9 Å². The summed E-state index contributed by atoms with van der Waals surface area (Å²) in [4.78, 5) is 23.9. The Bertz CT molecular complexity index is 866. The number of rotatable bonds is 7. The summed E-state index contributed by atoms with van der Waals surface area (Å²) in [7, 11) is -3.71. The Kier molecular flexibility index (Phi) is 6.43. The molecular weight excluding hydrogens is 390 g/mol. The Hall–Kier alpha value is -2.19. The minimum atomic E-state index is -3.71. The molecule has 0 spiro atoms. The topological polar surface area (TPSA) is 95.6 Å². The SMILES string of the molecule is C=CC(=O)NC1CC(C)N(S(=O)(=O)c2ccc(C(=O)NCC3CC3)cc2)C(C)C1. The van der Waals surface area contributed by atoms with Crippen molar-refractivity contribution in [3.05, 3.63) is 42.5 Å². The van der Waals surface area contributed by atoms with E-state index in [-0.39, 0.29) is 34.8 Å². The van der Waals surface area contributed by atoms with Crippen LogP contribution in [0.3, 0.4) is 0 Å². The molecule has 2 fully saturated rings. The number of piperidine rings is 1. The third-order valence-electron chi connectivity index (χ3n) is 5.59. The number of nitrogens with zero attached hydrogens (tertiary/aromatic N) is 1. The van der Waals surface area contributed by atoms with Gasteiger partial charge in [-0.3, -0.25) is 9.59 Å².